The van der Waals surface area contributed by atoms with Gasteiger partial charge in [-0.3, -0.25) is 9.59 Å². The summed E-state index contributed by atoms with van der Waals surface area (Å²) in [5.41, 5.74) is -1.26. The van der Waals surface area contributed by atoms with Gasteiger partial charge in [0.25, 0.3) is 11.8 Å². The summed E-state index contributed by atoms with van der Waals surface area (Å²) < 4.78 is 46.4. The number of hydrogen-bond donors (Lipinski definition) is 0. The molecule has 3 aromatic carbocycles. The van der Waals surface area contributed by atoms with Crippen LogP contribution in [-0.2, 0) is 6.18 Å². The highest BCUT2D eigenvalue weighted by Crippen LogP contribution is 2.41. The first-order chi connectivity index (χ1) is 14.1. The normalized spacial score (nSPS) is 13.6. The molecule has 0 radical (unpaired) electrons. The van der Waals surface area contributed by atoms with Gasteiger partial charge in [-0.05, 0) is 60.7 Å². The van der Waals surface area contributed by atoms with E-state index in [2.05, 4.69) is 0 Å². The fraction of sp³-hybridized carbons (Fsp3) is 0.0476. The predicted molar refractivity (Wildman–Crippen MR) is 106 cm³/mol. The minimum atomic E-state index is -4.79. The second-order valence-electron chi connectivity index (χ2n) is 6.37. The molecule has 0 unspecified atom stereocenters. The van der Waals surface area contributed by atoms with Gasteiger partial charge in [-0.1, -0.05) is 23.2 Å². The number of carbonyl (C=O) groups is 2. The highest BCUT2D eigenvalue weighted by atomic mass is 35.5. The van der Waals surface area contributed by atoms with Gasteiger partial charge in [0.05, 0.1) is 16.8 Å². The van der Waals surface area contributed by atoms with Crippen molar-refractivity contribution < 1.29 is 27.5 Å². The van der Waals surface area contributed by atoms with E-state index in [-0.39, 0.29) is 27.6 Å². The van der Waals surface area contributed by atoms with Crippen LogP contribution in [-0.4, -0.2) is 11.8 Å². The summed E-state index contributed by atoms with van der Waals surface area (Å²) >= 11 is 11.6. The van der Waals surface area contributed by atoms with Crippen molar-refractivity contribution in [2.75, 3.05) is 4.90 Å². The maximum absolute atomic E-state index is 13.7. The second kappa shape index (κ2) is 7.34. The maximum atomic E-state index is 13.7. The molecule has 0 N–H and O–H groups in total. The number of nitrogens with zero attached hydrogens (tertiary/aromatic N) is 1. The van der Waals surface area contributed by atoms with E-state index in [1.807, 2.05) is 0 Å². The van der Waals surface area contributed by atoms with Crippen molar-refractivity contribution in [3.05, 3.63) is 87.4 Å². The first kappa shape index (κ1) is 20.3. The van der Waals surface area contributed by atoms with Gasteiger partial charge in [0.1, 0.15) is 17.1 Å². The molecule has 0 bridgehead atoms. The molecule has 0 fully saturated rings. The van der Waals surface area contributed by atoms with Crippen LogP contribution in [0.3, 0.4) is 0 Å². The molecule has 0 atom stereocenters. The van der Waals surface area contributed by atoms with Crippen LogP contribution in [0.25, 0.3) is 0 Å². The number of anilines is 1. The Labute approximate surface area is 178 Å². The van der Waals surface area contributed by atoms with Gasteiger partial charge < -0.3 is 4.74 Å². The highest BCUT2D eigenvalue weighted by molar-refractivity contribution is 6.36. The zero-order valence-corrected chi connectivity index (χ0v) is 16.3. The summed E-state index contributed by atoms with van der Waals surface area (Å²) in [5.74, 6) is -1.82. The van der Waals surface area contributed by atoms with E-state index in [1.165, 1.54) is 48.5 Å². The van der Waals surface area contributed by atoms with Gasteiger partial charge in [-0.15, -0.1) is 0 Å². The number of benzene rings is 3. The molecule has 9 heteroatoms. The largest absolute Gasteiger partial charge is 0.457 e. The summed E-state index contributed by atoms with van der Waals surface area (Å²) in [6, 6.07) is 12.9. The van der Waals surface area contributed by atoms with E-state index in [0.29, 0.717) is 16.0 Å². The Morgan fingerprint density at radius 2 is 1.40 bits per heavy atom. The summed E-state index contributed by atoms with van der Waals surface area (Å²) in [7, 11) is 0. The van der Waals surface area contributed by atoms with Gasteiger partial charge in [0, 0.05) is 10.0 Å². The predicted octanol–water partition coefficient (Wildman–Crippen LogP) is 6.61. The molecule has 0 saturated heterocycles. The number of ether oxygens (including phenoxy) is 1. The molecule has 0 aromatic heterocycles. The zero-order chi connectivity index (χ0) is 21.6. The summed E-state index contributed by atoms with van der Waals surface area (Å²) in [6.07, 6.45) is -4.79. The third-order valence-corrected chi connectivity index (χ3v) is 4.90. The quantitative estimate of drug-likeness (QED) is 0.421. The standard InChI is InChI=1S/C21H10Cl2F3NO3/c22-11-1-5-14(6-2-11)30-18-8-4-13(10-17(18)21(24,25)26)27-19(28)15-7-3-12(23)9-16(15)20(27)29/h1-10H. The number of carbonyl (C=O) groups excluding carboxylic acids is 2. The molecule has 0 aliphatic carbocycles. The molecule has 152 valence electrons. The van der Waals surface area contributed by atoms with Gasteiger partial charge in [-0.25, -0.2) is 4.90 Å². The van der Waals surface area contributed by atoms with Crippen molar-refractivity contribution in [2.24, 2.45) is 0 Å². The summed E-state index contributed by atoms with van der Waals surface area (Å²) in [5, 5.41) is 0.638. The molecule has 1 aliphatic heterocycles. The lowest BCUT2D eigenvalue weighted by atomic mass is 10.1. The van der Waals surface area contributed by atoms with Crippen LogP contribution in [0.4, 0.5) is 18.9 Å². The summed E-state index contributed by atoms with van der Waals surface area (Å²) in [6.45, 7) is 0. The van der Waals surface area contributed by atoms with E-state index < -0.39 is 29.3 Å². The number of amides is 2. The Bertz CT molecular complexity index is 1180. The van der Waals surface area contributed by atoms with Crippen LogP contribution in [0, 0.1) is 0 Å². The van der Waals surface area contributed by atoms with E-state index in [0.717, 1.165) is 6.07 Å². The topological polar surface area (TPSA) is 46.6 Å². The average molecular weight is 452 g/mol. The Balaban J connectivity index is 1.75. The van der Waals surface area contributed by atoms with Crippen LogP contribution in [0.1, 0.15) is 26.3 Å². The average Bonchev–Trinajstić information content (AvgIpc) is 2.93. The van der Waals surface area contributed by atoms with E-state index in [1.54, 1.807) is 0 Å². The van der Waals surface area contributed by atoms with Crippen molar-refractivity contribution in [1.82, 2.24) is 0 Å². The molecule has 1 heterocycles. The van der Waals surface area contributed by atoms with Gasteiger partial charge in [0.15, 0.2) is 0 Å². The van der Waals surface area contributed by atoms with Crippen LogP contribution >= 0.6 is 23.2 Å². The fourth-order valence-electron chi connectivity index (χ4n) is 3.04. The van der Waals surface area contributed by atoms with Crippen LogP contribution in [0.5, 0.6) is 11.5 Å². The third-order valence-electron chi connectivity index (χ3n) is 4.42. The molecule has 0 spiro atoms. The highest BCUT2D eigenvalue weighted by Gasteiger charge is 2.40. The monoisotopic (exact) mass is 451 g/mol. The van der Waals surface area contributed by atoms with Crippen molar-refractivity contribution in [3.8, 4) is 11.5 Å². The smallest absolute Gasteiger partial charge is 0.420 e. The first-order valence-corrected chi connectivity index (χ1v) is 9.24. The number of fused-ring (bicyclic) bond motifs is 1. The Kier molecular flexibility index (Phi) is 4.95. The number of alkyl halides is 3. The molecule has 4 nitrogen and oxygen atoms in total. The number of rotatable bonds is 3. The zero-order valence-electron chi connectivity index (χ0n) is 14.8. The van der Waals surface area contributed by atoms with E-state index in [4.69, 9.17) is 27.9 Å². The lowest BCUT2D eigenvalue weighted by Gasteiger charge is -2.19. The molecule has 2 amide bonds. The maximum Gasteiger partial charge on any atom is 0.420 e. The molecular formula is C21H10Cl2F3NO3. The van der Waals surface area contributed by atoms with Gasteiger partial charge in [0.2, 0.25) is 0 Å². The second-order valence-corrected chi connectivity index (χ2v) is 7.24. The number of halogens is 5. The summed E-state index contributed by atoms with van der Waals surface area (Å²) in [4.78, 5) is 26.0. The van der Waals surface area contributed by atoms with Crippen molar-refractivity contribution in [1.29, 1.82) is 0 Å². The number of hydrogen-bond acceptors (Lipinski definition) is 3. The molecular weight excluding hydrogens is 442 g/mol. The van der Waals surface area contributed by atoms with Crippen LogP contribution in [0.2, 0.25) is 10.0 Å². The molecule has 1 aliphatic rings. The van der Waals surface area contributed by atoms with Crippen molar-refractivity contribution >= 4 is 40.7 Å². The van der Waals surface area contributed by atoms with Gasteiger partial charge in [-0.2, -0.15) is 13.2 Å². The van der Waals surface area contributed by atoms with E-state index in [9.17, 15) is 22.8 Å². The molecule has 4 rings (SSSR count). The van der Waals surface area contributed by atoms with Crippen LogP contribution in [0.15, 0.2) is 60.7 Å². The first-order valence-electron chi connectivity index (χ1n) is 8.48. The van der Waals surface area contributed by atoms with Gasteiger partial charge >= 0.3 is 6.18 Å². The third kappa shape index (κ3) is 3.62. The lowest BCUT2D eigenvalue weighted by molar-refractivity contribution is -0.138. The van der Waals surface area contributed by atoms with E-state index >= 15 is 0 Å². The minimum Gasteiger partial charge on any atom is -0.457 e. The SMILES string of the molecule is O=C1c2ccc(Cl)cc2C(=O)N1c1ccc(Oc2ccc(Cl)cc2)c(C(F)(F)F)c1. The fourth-order valence-corrected chi connectivity index (χ4v) is 3.34. The Morgan fingerprint density at radius 3 is 2.07 bits per heavy atom. The minimum absolute atomic E-state index is 0.0301. The molecule has 30 heavy (non-hydrogen) atoms. The molecule has 0 saturated carbocycles. The Hall–Kier alpha value is -3.03. The van der Waals surface area contributed by atoms with Crippen molar-refractivity contribution in [2.45, 2.75) is 6.18 Å². The number of imide groups is 1. The lowest BCUT2D eigenvalue weighted by Crippen LogP contribution is -2.29. The van der Waals surface area contributed by atoms with Crippen molar-refractivity contribution in [3.63, 3.8) is 0 Å². The Morgan fingerprint density at radius 1 is 0.767 bits per heavy atom. The van der Waals surface area contributed by atoms with Crippen LogP contribution < -0.4 is 9.64 Å². The molecule has 3 aromatic rings.